The van der Waals surface area contributed by atoms with Crippen LogP contribution < -0.4 is 5.32 Å². The first-order valence-corrected chi connectivity index (χ1v) is 6.55. The Morgan fingerprint density at radius 1 is 1.59 bits per heavy atom. The fraction of sp³-hybridized carbons (Fsp3) is 0.667. The van der Waals surface area contributed by atoms with Crippen LogP contribution in [0, 0.1) is 0 Å². The summed E-state index contributed by atoms with van der Waals surface area (Å²) in [5.41, 5.74) is -0.0250. The van der Waals surface area contributed by atoms with Crippen molar-refractivity contribution in [2.75, 3.05) is 6.54 Å². The molecule has 0 aliphatic rings. The molecule has 96 valence electrons. The van der Waals surface area contributed by atoms with Gasteiger partial charge in [0.1, 0.15) is 4.88 Å². The standard InChI is InChI=1S/C12H20N2O2S/c1-8(15)5-6-13-10(16)9-7-14-11(17-9)12(2,3)4/h7-8,15H,5-6H2,1-4H3,(H,13,16). The summed E-state index contributed by atoms with van der Waals surface area (Å²) < 4.78 is 0. The van der Waals surface area contributed by atoms with Crippen LogP contribution in [-0.2, 0) is 5.41 Å². The maximum absolute atomic E-state index is 11.7. The van der Waals surface area contributed by atoms with Crippen LogP contribution in [0.4, 0.5) is 0 Å². The van der Waals surface area contributed by atoms with Crippen molar-refractivity contribution in [3.63, 3.8) is 0 Å². The number of rotatable bonds is 4. The van der Waals surface area contributed by atoms with Crippen LogP contribution in [0.15, 0.2) is 6.20 Å². The molecule has 0 aromatic carbocycles. The average Bonchev–Trinajstić information content (AvgIpc) is 2.64. The molecule has 0 spiro atoms. The Morgan fingerprint density at radius 2 is 2.24 bits per heavy atom. The van der Waals surface area contributed by atoms with Crippen molar-refractivity contribution in [3.8, 4) is 0 Å². The zero-order chi connectivity index (χ0) is 13.1. The highest BCUT2D eigenvalue weighted by Gasteiger charge is 2.20. The number of nitrogens with zero attached hydrogens (tertiary/aromatic N) is 1. The van der Waals surface area contributed by atoms with Crippen LogP contribution in [0.25, 0.3) is 0 Å². The highest BCUT2D eigenvalue weighted by molar-refractivity contribution is 7.13. The smallest absolute Gasteiger partial charge is 0.263 e. The normalized spacial score (nSPS) is 13.5. The van der Waals surface area contributed by atoms with Crippen molar-refractivity contribution >= 4 is 17.2 Å². The summed E-state index contributed by atoms with van der Waals surface area (Å²) in [6.07, 6.45) is 1.79. The zero-order valence-corrected chi connectivity index (χ0v) is 11.6. The molecule has 1 atom stereocenters. The van der Waals surface area contributed by atoms with E-state index in [1.807, 2.05) is 0 Å². The van der Waals surface area contributed by atoms with Crippen LogP contribution in [0.2, 0.25) is 0 Å². The molecule has 1 heterocycles. The minimum absolute atomic E-state index is 0.0250. The van der Waals surface area contributed by atoms with E-state index < -0.39 is 0 Å². The summed E-state index contributed by atoms with van der Waals surface area (Å²) in [4.78, 5) is 16.6. The number of aliphatic hydroxyl groups is 1. The van der Waals surface area contributed by atoms with Gasteiger partial charge in [-0.2, -0.15) is 0 Å². The number of aliphatic hydroxyl groups excluding tert-OH is 1. The van der Waals surface area contributed by atoms with Crippen LogP contribution >= 0.6 is 11.3 Å². The van der Waals surface area contributed by atoms with Crippen molar-refractivity contribution in [2.24, 2.45) is 0 Å². The first kappa shape index (κ1) is 14.1. The Labute approximate surface area is 106 Å². The van der Waals surface area contributed by atoms with E-state index in [-0.39, 0.29) is 17.4 Å². The number of thiazole rings is 1. The number of hydrogen-bond acceptors (Lipinski definition) is 4. The molecule has 5 heteroatoms. The predicted molar refractivity (Wildman–Crippen MR) is 69.4 cm³/mol. The third kappa shape index (κ3) is 4.44. The third-order valence-corrected chi connectivity index (χ3v) is 3.64. The predicted octanol–water partition coefficient (Wildman–Crippen LogP) is 1.94. The van der Waals surface area contributed by atoms with Crippen molar-refractivity contribution in [2.45, 2.75) is 45.6 Å². The molecular weight excluding hydrogens is 236 g/mol. The molecular formula is C12H20N2O2S. The van der Waals surface area contributed by atoms with Gasteiger partial charge in [-0.1, -0.05) is 20.8 Å². The van der Waals surface area contributed by atoms with Gasteiger partial charge in [-0.15, -0.1) is 11.3 Å². The second-order valence-corrected chi connectivity index (χ2v) is 6.20. The summed E-state index contributed by atoms with van der Waals surface area (Å²) in [6, 6.07) is 0. The summed E-state index contributed by atoms with van der Waals surface area (Å²) in [5.74, 6) is -0.112. The molecule has 0 fully saturated rings. The second kappa shape index (κ2) is 5.60. The molecule has 1 amide bonds. The summed E-state index contributed by atoms with van der Waals surface area (Å²) >= 11 is 1.42. The van der Waals surface area contributed by atoms with Gasteiger partial charge in [-0.25, -0.2) is 4.98 Å². The highest BCUT2D eigenvalue weighted by Crippen LogP contribution is 2.26. The SMILES string of the molecule is CC(O)CCNC(=O)c1cnc(C(C)(C)C)s1. The number of carbonyl (C=O) groups excluding carboxylic acids is 1. The first-order chi connectivity index (χ1) is 7.80. The quantitative estimate of drug-likeness (QED) is 0.865. The van der Waals surface area contributed by atoms with E-state index in [2.05, 4.69) is 31.1 Å². The Morgan fingerprint density at radius 3 is 2.71 bits per heavy atom. The van der Waals surface area contributed by atoms with E-state index in [0.29, 0.717) is 17.8 Å². The van der Waals surface area contributed by atoms with Crippen molar-refractivity contribution in [3.05, 3.63) is 16.1 Å². The third-order valence-electron chi connectivity index (χ3n) is 2.22. The van der Waals surface area contributed by atoms with Gasteiger partial charge in [0.25, 0.3) is 5.91 Å². The van der Waals surface area contributed by atoms with Crippen LogP contribution in [0.1, 0.15) is 48.8 Å². The molecule has 1 unspecified atom stereocenters. The fourth-order valence-corrected chi connectivity index (χ4v) is 2.10. The van der Waals surface area contributed by atoms with Gasteiger partial charge in [0.2, 0.25) is 0 Å². The lowest BCUT2D eigenvalue weighted by Gasteiger charge is -2.13. The maximum atomic E-state index is 11.7. The van der Waals surface area contributed by atoms with E-state index in [0.717, 1.165) is 5.01 Å². The lowest BCUT2D eigenvalue weighted by molar-refractivity contribution is 0.0949. The highest BCUT2D eigenvalue weighted by atomic mass is 32.1. The van der Waals surface area contributed by atoms with Crippen molar-refractivity contribution < 1.29 is 9.90 Å². The van der Waals surface area contributed by atoms with Gasteiger partial charge in [0.05, 0.1) is 17.3 Å². The Balaban J connectivity index is 2.56. The van der Waals surface area contributed by atoms with E-state index in [1.54, 1.807) is 13.1 Å². The monoisotopic (exact) mass is 256 g/mol. The minimum Gasteiger partial charge on any atom is -0.393 e. The van der Waals surface area contributed by atoms with Crippen LogP contribution in [0.5, 0.6) is 0 Å². The van der Waals surface area contributed by atoms with Gasteiger partial charge >= 0.3 is 0 Å². The van der Waals surface area contributed by atoms with E-state index >= 15 is 0 Å². The summed E-state index contributed by atoms with van der Waals surface area (Å²) in [6.45, 7) is 8.40. The molecule has 0 saturated heterocycles. The second-order valence-electron chi connectivity index (χ2n) is 5.17. The Bertz CT molecular complexity index is 380. The van der Waals surface area contributed by atoms with E-state index in [1.165, 1.54) is 11.3 Å². The van der Waals surface area contributed by atoms with Crippen molar-refractivity contribution in [1.82, 2.24) is 10.3 Å². The van der Waals surface area contributed by atoms with Gasteiger partial charge < -0.3 is 10.4 Å². The van der Waals surface area contributed by atoms with Crippen molar-refractivity contribution in [1.29, 1.82) is 0 Å². The lowest BCUT2D eigenvalue weighted by Crippen LogP contribution is -2.25. The first-order valence-electron chi connectivity index (χ1n) is 5.73. The zero-order valence-electron chi connectivity index (χ0n) is 10.8. The van der Waals surface area contributed by atoms with Gasteiger partial charge in [0.15, 0.2) is 0 Å². The molecule has 0 aliphatic heterocycles. The number of amides is 1. The summed E-state index contributed by atoms with van der Waals surface area (Å²) in [5, 5.41) is 12.8. The van der Waals surface area contributed by atoms with Crippen LogP contribution in [0.3, 0.4) is 0 Å². The molecule has 2 N–H and O–H groups in total. The van der Waals surface area contributed by atoms with Gasteiger partial charge in [-0.3, -0.25) is 4.79 Å². The van der Waals surface area contributed by atoms with E-state index in [4.69, 9.17) is 5.11 Å². The van der Waals surface area contributed by atoms with Gasteiger partial charge in [-0.05, 0) is 13.3 Å². The average molecular weight is 256 g/mol. The Kier molecular flexibility index (Phi) is 4.65. The molecule has 1 rings (SSSR count). The number of hydrogen-bond donors (Lipinski definition) is 2. The maximum Gasteiger partial charge on any atom is 0.263 e. The topological polar surface area (TPSA) is 62.2 Å². The number of carbonyl (C=O) groups is 1. The largest absolute Gasteiger partial charge is 0.393 e. The molecule has 0 saturated carbocycles. The molecule has 1 aromatic heterocycles. The van der Waals surface area contributed by atoms with Crippen LogP contribution in [-0.4, -0.2) is 28.6 Å². The molecule has 1 aromatic rings. The molecule has 0 bridgehead atoms. The molecule has 0 radical (unpaired) electrons. The molecule has 0 aliphatic carbocycles. The fourth-order valence-electron chi connectivity index (χ4n) is 1.21. The number of aromatic nitrogens is 1. The molecule has 17 heavy (non-hydrogen) atoms. The lowest BCUT2D eigenvalue weighted by atomic mass is 9.98. The van der Waals surface area contributed by atoms with E-state index in [9.17, 15) is 4.79 Å². The van der Waals surface area contributed by atoms with Gasteiger partial charge in [0, 0.05) is 12.0 Å². The minimum atomic E-state index is -0.387. The molecule has 4 nitrogen and oxygen atoms in total. The summed E-state index contributed by atoms with van der Waals surface area (Å²) in [7, 11) is 0. The Hall–Kier alpha value is -0.940. The number of nitrogens with one attached hydrogen (secondary N) is 1.